The number of esters is 1. The van der Waals surface area contributed by atoms with Crippen molar-refractivity contribution >= 4 is 16.7 Å². The van der Waals surface area contributed by atoms with Gasteiger partial charge in [0, 0.05) is 5.39 Å². The third-order valence-electron chi connectivity index (χ3n) is 4.34. The van der Waals surface area contributed by atoms with Crippen molar-refractivity contribution in [1.29, 1.82) is 0 Å². The van der Waals surface area contributed by atoms with Crippen LogP contribution in [0.25, 0.3) is 10.8 Å². The number of hydrogen-bond donors (Lipinski definition) is 0. The molecule has 0 bridgehead atoms. The number of carbonyl (C=O) groups excluding carboxylic acids is 1. The quantitative estimate of drug-likeness (QED) is 0.637. The predicted molar refractivity (Wildman–Crippen MR) is 93.2 cm³/mol. The number of nitrogens with zero attached hydrogens (tertiary/aromatic N) is 2. The summed E-state index contributed by atoms with van der Waals surface area (Å²) in [6.07, 6.45) is 7.29. The zero-order valence-electron chi connectivity index (χ0n) is 14.1. The van der Waals surface area contributed by atoms with Crippen LogP contribution in [0.3, 0.4) is 0 Å². The number of rotatable bonds is 4. The SMILES string of the molecule is CC(C)n1nc(C(=O)OCC2CC=CCC2)c2ccccc2c1=O. The molecule has 0 saturated carbocycles. The highest BCUT2D eigenvalue weighted by atomic mass is 16.5. The van der Waals surface area contributed by atoms with Crippen molar-refractivity contribution in [3.8, 4) is 0 Å². The largest absolute Gasteiger partial charge is 0.461 e. The lowest BCUT2D eigenvalue weighted by molar-refractivity contribution is 0.0424. The summed E-state index contributed by atoms with van der Waals surface area (Å²) in [5.41, 5.74) is 0.0276. The minimum atomic E-state index is -0.463. The zero-order chi connectivity index (χ0) is 17.1. The minimum absolute atomic E-state index is 0.128. The van der Waals surface area contributed by atoms with E-state index in [2.05, 4.69) is 17.3 Å². The number of ether oxygens (including phenoxy) is 1. The Morgan fingerprint density at radius 2 is 2.04 bits per heavy atom. The average Bonchev–Trinajstić information content (AvgIpc) is 2.61. The van der Waals surface area contributed by atoms with E-state index in [9.17, 15) is 9.59 Å². The van der Waals surface area contributed by atoms with Crippen molar-refractivity contribution in [2.45, 2.75) is 39.2 Å². The van der Waals surface area contributed by atoms with Crippen molar-refractivity contribution in [3.63, 3.8) is 0 Å². The molecule has 24 heavy (non-hydrogen) atoms. The lowest BCUT2D eigenvalue weighted by atomic mass is 9.95. The topological polar surface area (TPSA) is 61.2 Å². The molecule has 126 valence electrons. The van der Waals surface area contributed by atoms with E-state index in [0.29, 0.717) is 23.3 Å². The number of allylic oxidation sites excluding steroid dienone is 2. The maximum atomic E-state index is 12.6. The molecule has 5 nitrogen and oxygen atoms in total. The molecule has 0 spiro atoms. The van der Waals surface area contributed by atoms with Gasteiger partial charge in [0.25, 0.3) is 5.56 Å². The molecule has 0 N–H and O–H groups in total. The Balaban J connectivity index is 1.92. The van der Waals surface area contributed by atoms with Crippen LogP contribution in [0.1, 0.15) is 49.6 Å². The third-order valence-corrected chi connectivity index (χ3v) is 4.34. The summed E-state index contributed by atoms with van der Waals surface area (Å²) in [7, 11) is 0. The Kier molecular flexibility index (Phi) is 4.79. The zero-order valence-corrected chi connectivity index (χ0v) is 14.1. The van der Waals surface area contributed by atoms with E-state index in [1.807, 2.05) is 13.8 Å². The number of aromatic nitrogens is 2. The van der Waals surface area contributed by atoms with Gasteiger partial charge in [-0.1, -0.05) is 30.4 Å². The van der Waals surface area contributed by atoms with E-state index in [-0.39, 0.29) is 17.3 Å². The van der Waals surface area contributed by atoms with E-state index >= 15 is 0 Å². The maximum Gasteiger partial charge on any atom is 0.359 e. The van der Waals surface area contributed by atoms with Crippen molar-refractivity contribution in [3.05, 3.63) is 52.5 Å². The molecule has 1 aliphatic rings. The fourth-order valence-electron chi connectivity index (χ4n) is 2.98. The first-order valence-electron chi connectivity index (χ1n) is 8.41. The summed E-state index contributed by atoms with van der Waals surface area (Å²) in [6.45, 7) is 4.12. The molecule has 0 saturated heterocycles. The molecule has 1 heterocycles. The van der Waals surface area contributed by atoms with Crippen LogP contribution < -0.4 is 5.56 Å². The summed E-state index contributed by atoms with van der Waals surface area (Å²) < 4.78 is 6.85. The number of fused-ring (bicyclic) bond motifs is 1. The molecule has 1 aliphatic carbocycles. The van der Waals surface area contributed by atoms with Crippen LogP contribution in [0.4, 0.5) is 0 Å². The van der Waals surface area contributed by atoms with Crippen molar-refractivity contribution in [1.82, 2.24) is 9.78 Å². The lowest BCUT2D eigenvalue weighted by Gasteiger charge is -2.18. The Hall–Kier alpha value is -2.43. The van der Waals surface area contributed by atoms with Crippen LogP contribution in [-0.4, -0.2) is 22.4 Å². The van der Waals surface area contributed by atoms with Crippen LogP contribution in [0, 0.1) is 5.92 Å². The van der Waals surface area contributed by atoms with Crippen molar-refractivity contribution in [2.75, 3.05) is 6.61 Å². The van der Waals surface area contributed by atoms with Gasteiger partial charge >= 0.3 is 5.97 Å². The highest BCUT2D eigenvalue weighted by Gasteiger charge is 2.20. The summed E-state index contributed by atoms with van der Waals surface area (Å²) in [5.74, 6) is -0.101. The minimum Gasteiger partial charge on any atom is -0.461 e. The van der Waals surface area contributed by atoms with Gasteiger partial charge in [-0.15, -0.1) is 0 Å². The summed E-state index contributed by atoms with van der Waals surface area (Å²) in [6, 6.07) is 6.93. The molecule has 1 aromatic heterocycles. The van der Waals surface area contributed by atoms with Gasteiger partial charge in [-0.05, 0) is 45.1 Å². The molecule has 5 heteroatoms. The molecule has 0 aliphatic heterocycles. The normalized spacial score (nSPS) is 17.4. The van der Waals surface area contributed by atoms with Crippen LogP contribution in [0.2, 0.25) is 0 Å². The average molecular weight is 326 g/mol. The van der Waals surface area contributed by atoms with Crippen LogP contribution in [0.15, 0.2) is 41.2 Å². The second-order valence-electron chi connectivity index (χ2n) is 6.49. The highest BCUT2D eigenvalue weighted by molar-refractivity contribution is 6.02. The van der Waals surface area contributed by atoms with Gasteiger partial charge in [0.15, 0.2) is 5.69 Å². The Bertz CT molecular complexity index is 836. The summed E-state index contributed by atoms with van der Waals surface area (Å²) >= 11 is 0. The van der Waals surface area contributed by atoms with Gasteiger partial charge < -0.3 is 4.74 Å². The molecule has 3 rings (SSSR count). The fraction of sp³-hybridized carbons (Fsp3) is 0.421. The molecule has 0 amide bonds. The third kappa shape index (κ3) is 3.25. The van der Waals surface area contributed by atoms with Crippen LogP contribution in [0.5, 0.6) is 0 Å². The molecular weight excluding hydrogens is 304 g/mol. The van der Waals surface area contributed by atoms with Gasteiger partial charge in [-0.25, -0.2) is 9.48 Å². The standard InChI is InChI=1S/C19H22N2O3/c1-13(2)21-18(22)16-11-7-6-10-15(16)17(20-21)19(23)24-12-14-8-4-3-5-9-14/h3-4,6-7,10-11,13-14H,5,8-9,12H2,1-2H3. The summed E-state index contributed by atoms with van der Waals surface area (Å²) in [5, 5.41) is 5.32. The molecule has 0 radical (unpaired) electrons. The summed E-state index contributed by atoms with van der Waals surface area (Å²) in [4.78, 5) is 25.1. The number of hydrogen-bond acceptors (Lipinski definition) is 4. The van der Waals surface area contributed by atoms with E-state index < -0.39 is 5.97 Å². The highest BCUT2D eigenvalue weighted by Crippen LogP contribution is 2.20. The van der Waals surface area contributed by atoms with E-state index in [0.717, 1.165) is 19.3 Å². The van der Waals surface area contributed by atoms with E-state index in [1.165, 1.54) is 4.68 Å². The smallest absolute Gasteiger partial charge is 0.359 e. The fourth-order valence-corrected chi connectivity index (χ4v) is 2.98. The second kappa shape index (κ2) is 6.99. The molecule has 1 aromatic carbocycles. The molecular formula is C19H22N2O3. The second-order valence-corrected chi connectivity index (χ2v) is 6.49. The van der Waals surface area contributed by atoms with Crippen LogP contribution in [-0.2, 0) is 4.74 Å². The predicted octanol–water partition coefficient (Wildman–Crippen LogP) is 3.49. The lowest BCUT2D eigenvalue weighted by Crippen LogP contribution is -2.28. The first kappa shape index (κ1) is 16.4. The van der Waals surface area contributed by atoms with Gasteiger partial charge in [0.2, 0.25) is 0 Å². The van der Waals surface area contributed by atoms with Gasteiger partial charge in [-0.3, -0.25) is 4.79 Å². The number of carbonyl (C=O) groups is 1. The van der Waals surface area contributed by atoms with E-state index in [4.69, 9.17) is 4.74 Å². The molecule has 0 fully saturated rings. The van der Waals surface area contributed by atoms with Crippen molar-refractivity contribution < 1.29 is 9.53 Å². The Morgan fingerprint density at radius 3 is 2.71 bits per heavy atom. The Morgan fingerprint density at radius 1 is 1.29 bits per heavy atom. The Labute approximate surface area is 140 Å². The van der Waals surface area contributed by atoms with Crippen LogP contribution >= 0.6 is 0 Å². The monoisotopic (exact) mass is 326 g/mol. The molecule has 2 aromatic rings. The molecule has 1 unspecified atom stereocenters. The first-order chi connectivity index (χ1) is 11.6. The maximum absolute atomic E-state index is 12.6. The van der Waals surface area contributed by atoms with Crippen molar-refractivity contribution in [2.24, 2.45) is 5.92 Å². The van der Waals surface area contributed by atoms with E-state index in [1.54, 1.807) is 24.3 Å². The first-order valence-corrected chi connectivity index (χ1v) is 8.41. The van der Waals surface area contributed by atoms with Gasteiger partial charge in [-0.2, -0.15) is 5.10 Å². The molecule has 1 atom stereocenters. The number of benzene rings is 1. The van der Waals surface area contributed by atoms with Gasteiger partial charge in [0.1, 0.15) is 0 Å². The van der Waals surface area contributed by atoms with Gasteiger partial charge in [0.05, 0.1) is 18.0 Å².